The number of nitro benzene ring substituents is 1. The Balaban J connectivity index is 2.12. The van der Waals surface area contributed by atoms with Gasteiger partial charge in [-0.05, 0) is 6.07 Å². The number of rotatable bonds is 4. The van der Waals surface area contributed by atoms with Gasteiger partial charge in [-0.2, -0.15) is 0 Å². The predicted octanol–water partition coefficient (Wildman–Crippen LogP) is 0.330. The highest BCUT2D eigenvalue weighted by atomic mass is 32.2. The van der Waals surface area contributed by atoms with Gasteiger partial charge in [0.1, 0.15) is 17.6 Å². The summed E-state index contributed by atoms with van der Waals surface area (Å²) in [6, 6.07) is 6.17. The van der Waals surface area contributed by atoms with E-state index in [2.05, 4.69) is 0 Å². The SMILES string of the molecule is O=[N+]([O-])c1ccccc1S[C@@H]1[CH][C@H](O)[C@H](O)[C@H](CO)O1. The molecule has 0 bridgehead atoms. The van der Waals surface area contributed by atoms with E-state index in [1.54, 1.807) is 18.2 Å². The second kappa shape index (κ2) is 6.51. The van der Waals surface area contributed by atoms with Crippen molar-refractivity contribution in [3.05, 3.63) is 40.8 Å². The largest absolute Gasteiger partial charge is 0.394 e. The summed E-state index contributed by atoms with van der Waals surface area (Å²) < 4.78 is 5.38. The van der Waals surface area contributed by atoms with Crippen LogP contribution in [-0.2, 0) is 4.74 Å². The van der Waals surface area contributed by atoms with E-state index < -0.39 is 35.3 Å². The maximum Gasteiger partial charge on any atom is 0.282 e. The molecule has 3 N–H and O–H groups in total. The Morgan fingerprint density at radius 1 is 1.35 bits per heavy atom. The molecule has 4 atom stereocenters. The maximum absolute atomic E-state index is 10.9. The van der Waals surface area contributed by atoms with Crippen LogP contribution in [0.3, 0.4) is 0 Å². The van der Waals surface area contributed by atoms with Crippen molar-refractivity contribution in [3.8, 4) is 0 Å². The molecule has 0 spiro atoms. The molecule has 0 aliphatic carbocycles. The van der Waals surface area contributed by atoms with Crippen molar-refractivity contribution < 1.29 is 25.0 Å². The summed E-state index contributed by atoms with van der Waals surface area (Å²) in [7, 11) is 0. The van der Waals surface area contributed by atoms with E-state index in [0.29, 0.717) is 4.90 Å². The number of hydrogen-bond donors (Lipinski definition) is 3. The van der Waals surface area contributed by atoms with Gasteiger partial charge in [-0.3, -0.25) is 10.1 Å². The highest BCUT2D eigenvalue weighted by Gasteiger charge is 2.37. The van der Waals surface area contributed by atoms with Crippen molar-refractivity contribution in [2.45, 2.75) is 28.6 Å². The fraction of sp³-hybridized carbons (Fsp3) is 0.417. The number of thioether (sulfide) groups is 1. The topological polar surface area (TPSA) is 113 Å². The predicted molar refractivity (Wildman–Crippen MR) is 71.0 cm³/mol. The van der Waals surface area contributed by atoms with Crippen LogP contribution in [0.1, 0.15) is 0 Å². The zero-order chi connectivity index (χ0) is 14.7. The molecule has 0 aromatic heterocycles. The molecule has 0 saturated carbocycles. The Labute approximate surface area is 119 Å². The zero-order valence-corrected chi connectivity index (χ0v) is 11.1. The third-order valence-electron chi connectivity index (χ3n) is 2.88. The fourth-order valence-electron chi connectivity index (χ4n) is 1.84. The lowest BCUT2D eigenvalue weighted by atomic mass is 10.0. The molecule has 2 rings (SSSR count). The first-order valence-electron chi connectivity index (χ1n) is 5.90. The molecule has 0 amide bonds. The number of aliphatic hydroxyl groups excluding tert-OH is 3. The minimum absolute atomic E-state index is 0.0596. The van der Waals surface area contributed by atoms with E-state index in [9.17, 15) is 20.3 Å². The maximum atomic E-state index is 10.9. The van der Waals surface area contributed by atoms with Gasteiger partial charge >= 0.3 is 0 Å². The summed E-state index contributed by atoms with van der Waals surface area (Å²) in [4.78, 5) is 10.8. The number of para-hydroxylation sites is 1. The summed E-state index contributed by atoms with van der Waals surface area (Å²) in [6.07, 6.45) is -1.93. The van der Waals surface area contributed by atoms with Crippen molar-refractivity contribution >= 4 is 17.4 Å². The normalized spacial score (nSPS) is 30.1. The van der Waals surface area contributed by atoms with Gasteiger partial charge in [0.25, 0.3) is 5.69 Å². The standard InChI is InChI=1S/C12H14NO6S/c14-6-9-12(16)8(15)5-11(19-9)20-10-4-2-1-3-7(10)13(17)18/h1-5,8-9,11-12,14-16H,6H2/t8-,9-,11+,12-/m0/s1. The molecule has 1 heterocycles. The van der Waals surface area contributed by atoms with E-state index in [1.165, 1.54) is 12.5 Å². The monoisotopic (exact) mass is 300 g/mol. The van der Waals surface area contributed by atoms with Gasteiger partial charge in [0.05, 0.1) is 22.5 Å². The van der Waals surface area contributed by atoms with Crippen LogP contribution in [0.5, 0.6) is 0 Å². The van der Waals surface area contributed by atoms with Crippen LogP contribution in [0.2, 0.25) is 0 Å². The quantitative estimate of drug-likeness (QED) is 0.542. The first-order chi connectivity index (χ1) is 9.52. The fourth-order valence-corrected chi connectivity index (χ4v) is 2.95. The van der Waals surface area contributed by atoms with Gasteiger partial charge in [-0.1, -0.05) is 23.9 Å². The molecular weight excluding hydrogens is 286 g/mol. The molecule has 8 heteroatoms. The van der Waals surface area contributed by atoms with Gasteiger partial charge < -0.3 is 20.1 Å². The zero-order valence-electron chi connectivity index (χ0n) is 10.3. The number of hydrogen-bond acceptors (Lipinski definition) is 7. The Kier molecular flexibility index (Phi) is 4.95. The molecule has 0 unspecified atom stereocenters. The van der Waals surface area contributed by atoms with E-state index in [-0.39, 0.29) is 5.69 Å². The third-order valence-corrected chi connectivity index (χ3v) is 3.98. The average molecular weight is 300 g/mol. The summed E-state index contributed by atoms with van der Waals surface area (Å²) in [5, 5.41) is 39.2. The molecule has 1 aliphatic heterocycles. The average Bonchev–Trinajstić information content (AvgIpc) is 2.43. The highest BCUT2D eigenvalue weighted by molar-refractivity contribution is 8.00. The molecule has 1 aliphatic rings. The molecule has 109 valence electrons. The number of nitro groups is 1. The van der Waals surface area contributed by atoms with Crippen LogP contribution in [0.15, 0.2) is 29.2 Å². The molecule has 1 radical (unpaired) electrons. The van der Waals surface area contributed by atoms with Crippen LogP contribution in [0.4, 0.5) is 5.69 Å². The van der Waals surface area contributed by atoms with Crippen LogP contribution in [0, 0.1) is 16.5 Å². The second-order valence-electron chi connectivity index (χ2n) is 4.24. The highest BCUT2D eigenvalue weighted by Crippen LogP contribution is 2.36. The van der Waals surface area contributed by atoms with Crippen LogP contribution < -0.4 is 0 Å². The van der Waals surface area contributed by atoms with Crippen molar-refractivity contribution in [2.75, 3.05) is 6.61 Å². The van der Waals surface area contributed by atoms with Gasteiger partial charge in [0, 0.05) is 12.5 Å². The summed E-state index contributed by atoms with van der Waals surface area (Å²) in [5.74, 6) is 0. The third kappa shape index (κ3) is 3.28. The van der Waals surface area contributed by atoms with Crippen LogP contribution >= 0.6 is 11.8 Å². The minimum Gasteiger partial charge on any atom is -0.394 e. The molecular formula is C12H14NO6S. The number of nitrogens with zero attached hydrogens (tertiary/aromatic N) is 1. The van der Waals surface area contributed by atoms with Crippen LogP contribution in [-0.4, -0.2) is 50.6 Å². The number of aliphatic hydroxyl groups is 3. The van der Waals surface area contributed by atoms with Crippen molar-refractivity contribution in [1.29, 1.82) is 0 Å². The van der Waals surface area contributed by atoms with Gasteiger partial charge in [-0.25, -0.2) is 0 Å². The Morgan fingerprint density at radius 3 is 2.70 bits per heavy atom. The van der Waals surface area contributed by atoms with Gasteiger partial charge in [0.2, 0.25) is 0 Å². The van der Waals surface area contributed by atoms with Gasteiger partial charge in [0.15, 0.2) is 0 Å². The molecule has 1 saturated heterocycles. The smallest absolute Gasteiger partial charge is 0.282 e. The molecule has 7 nitrogen and oxygen atoms in total. The molecule has 1 aromatic carbocycles. The van der Waals surface area contributed by atoms with Gasteiger partial charge in [-0.15, -0.1) is 0 Å². The van der Waals surface area contributed by atoms with E-state index >= 15 is 0 Å². The lowest BCUT2D eigenvalue weighted by Gasteiger charge is -2.35. The van der Waals surface area contributed by atoms with Crippen molar-refractivity contribution in [3.63, 3.8) is 0 Å². The van der Waals surface area contributed by atoms with Crippen LogP contribution in [0.25, 0.3) is 0 Å². The molecule has 1 fully saturated rings. The molecule has 20 heavy (non-hydrogen) atoms. The number of benzene rings is 1. The molecule has 1 aromatic rings. The Morgan fingerprint density at radius 2 is 2.05 bits per heavy atom. The lowest BCUT2D eigenvalue weighted by molar-refractivity contribution is -0.387. The van der Waals surface area contributed by atoms with Crippen molar-refractivity contribution in [2.24, 2.45) is 0 Å². The van der Waals surface area contributed by atoms with E-state index in [4.69, 9.17) is 9.84 Å². The Hall–Kier alpha value is -1.19. The first-order valence-corrected chi connectivity index (χ1v) is 6.78. The van der Waals surface area contributed by atoms with Crippen molar-refractivity contribution in [1.82, 2.24) is 0 Å². The summed E-state index contributed by atoms with van der Waals surface area (Å²) >= 11 is 1.04. The summed E-state index contributed by atoms with van der Waals surface area (Å²) in [5.41, 5.74) is -0.748. The number of ether oxygens (including phenoxy) is 1. The van der Waals surface area contributed by atoms with E-state index in [0.717, 1.165) is 11.8 Å². The summed E-state index contributed by atoms with van der Waals surface area (Å²) in [6.45, 7) is -0.444. The second-order valence-corrected chi connectivity index (χ2v) is 5.38. The lowest BCUT2D eigenvalue weighted by Crippen LogP contribution is -2.49. The minimum atomic E-state index is -1.21. The first kappa shape index (κ1) is 15.2. The van der Waals surface area contributed by atoms with E-state index in [1.807, 2.05) is 0 Å². The Bertz CT molecular complexity index is 485.